The predicted molar refractivity (Wildman–Crippen MR) is 86.2 cm³/mol. The summed E-state index contributed by atoms with van der Waals surface area (Å²) in [6.45, 7) is 9.70. The Morgan fingerprint density at radius 3 is 2.95 bits per heavy atom. The maximum Gasteiger partial charge on any atom is 0.294 e. The number of aryl methyl sites for hydroxylation is 2. The fourth-order valence-electron chi connectivity index (χ4n) is 3.03. The van der Waals surface area contributed by atoms with Crippen molar-refractivity contribution < 1.29 is 4.74 Å². The third-order valence-corrected chi connectivity index (χ3v) is 4.86. The van der Waals surface area contributed by atoms with Gasteiger partial charge in [-0.3, -0.25) is 9.58 Å². The van der Waals surface area contributed by atoms with E-state index in [-0.39, 0.29) is 0 Å². The molecule has 0 bridgehead atoms. The van der Waals surface area contributed by atoms with E-state index >= 15 is 0 Å². The molecular formula is C15H23N5OS. The number of hydrogen-bond acceptors (Lipinski definition) is 6. The summed E-state index contributed by atoms with van der Waals surface area (Å²) in [6.07, 6.45) is 2.45. The lowest BCUT2D eigenvalue weighted by Crippen LogP contribution is -2.33. The molecule has 0 spiro atoms. The molecule has 3 rings (SSSR count). The minimum Gasteiger partial charge on any atom is -0.469 e. The topological polar surface area (TPSA) is 56.1 Å². The molecule has 0 saturated carbocycles. The Morgan fingerprint density at radius 2 is 2.23 bits per heavy atom. The average molecular weight is 321 g/mol. The van der Waals surface area contributed by atoms with Crippen LogP contribution in [-0.2, 0) is 13.1 Å². The van der Waals surface area contributed by atoms with Crippen molar-refractivity contribution in [2.75, 3.05) is 13.2 Å². The van der Waals surface area contributed by atoms with Gasteiger partial charge >= 0.3 is 0 Å². The van der Waals surface area contributed by atoms with Gasteiger partial charge in [-0.1, -0.05) is 11.3 Å². The van der Waals surface area contributed by atoms with E-state index in [1.807, 2.05) is 13.8 Å². The molecule has 1 aliphatic rings. The largest absolute Gasteiger partial charge is 0.469 e. The molecule has 1 fully saturated rings. The van der Waals surface area contributed by atoms with E-state index in [0.717, 1.165) is 30.3 Å². The summed E-state index contributed by atoms with van der Waals surface area (Å²) in [4.78, 5) is 2.49. The van der Waals surface area contributed by atoms with E-state index in [1.54, 1.807) is 11.3 Å². The van der Waals surface area contributed by atoms with Crippen molar-refractivity contribution in [1.29, 1.82) is 0 Å². The zero-order chi connectivity index (χ0) is 15.5. The lowest BCUT2D eigenvalue weighted by molar-refractivity contribution is 0.217. The Morgan fingerprint density at radius 1 is 1.36 bits per heavy atom. The number of nitrogens with zero attached hydrogens (tertiary/aromatic N) is 5. The van der Waals surface area contributed by atoms with Gasteiger partial charge in [-0.25, -0.2) is 0 Å². The monoisotopic (exact) mass is 321 g/mol. The average Bonchev–Trinajstić information content (AvgIpc) is 3.16. The Balaban J connectivity index is 1.63. The van der Waals surface area contributed by atoms with Gasteiger partial charge in [0.25, 0.3) is 5.19 Å². The lowest BCUT2D eigenvalue weighted by atomic mass is 10.2. The molecule has 0 aliphatic carbocycles. The van der Waals surface area contributed by atoms with Crippen LogP contribution in [0.5, 0.6) is 5.19 Å². The Hall–Kier alpha value is -1.47. The van der Waals surface area contributed by atoms with Crippen molar-refractivity contribution >= 4 is 11.3 Å². The second kappa shape index (κ2) is 6.75. The van der Waals surface area contributed by atoms with Gasteiger partial charge in [0, 0.05) is 11.7 Å². The molecule has 1 saturated heterocycles. The van der Waals surface area contributed by atoms with Gasteiger partial charge in [0.05, 0.1) is 25.4 Å². The smallest absolute Gasteiger partial charge is 0.294 e. The highest BCUT2D eigenvalue weighted by Gasteiger charge is 2.26. The number of rotatable bonds is 6. The third kappa shape index (κ3) is 3.47. The van der Waals surface area contributed by atoms with Crippen LogP contribution >= 0.6 is 11.3 Å². The highest BCUT2D eigenvalue weighted by atomic mass is 32.1. The Bertz CT molecular complexity index is 623. The van der Waals surface area contributed by atoms with E-state index in [9.17, 15) is 0 Å². The molecule has 6 nitrogen and oxygen atoms in total. The van der Waals surface area contributed by atoms with E-state index in [0.29, 0.717) is 17.8 Å². The van der Waals surface area contributed by atoms with Gasteiger partial charge < -0.3 is 4.74 Å². The molecule has 1 atom stereocenters. The van der Waals surface area contributed by atoms with Crippen LogP contribution < -0.4 is 4.74 Å². The van der Waals surface area contributed by atoms with E-state index in [4.69, 9.17) is 4.74 Å². The molecule has 1 aliphatic heterocycles. The summed E-state index contributed by atoms with van der Waals surface area (Å²) in [5.74, 6) is 0. The first-order chi connectivity index (χ1) is 10.7. The minimum atomic E-state index is 0.525. The molecule has 0 amide bonds. The number of ether oxygens (including phenoxy) is 1. The number of likely N-dealkylation sites (tertiary alicyclic amines) is 1. The highest BCUT2D eigenvalue weighted by Crippen LogP contribution is 2.25. The van der Waals surface area contributed by atoms with Crippen molar-refractivity contribution in [1.82, 2.24) is 24.9 Å². The maximum absolute atomic E-state index is 5.40. The molecule has 1 unspecified atom stereocenters. The molecule has 2 aromatic heterocycles. The second-order valence-corrected chi connectivity index (χ2v) is 6.80. The van der Waals surface area contributed by atoms with Crippen LogP contribution in [0, 0.1) is 13.8 Å². The standard InChI is InChI=1S/C15H23N5OS/c1-4-21-15-17-16-14(22-15)10-19-7-5-6-13(19)9-20-12(3)8-11(2)18-20/h8,13H,4-7,9-10H2,1-3H3. The molecule has 22 heavy (non-hydrogen) atoms. The molecular weight excluding hydrogens is 298 g/mol. The third-order valence-electron chi connectivity index (χ3n) is 4.04. The molecule has 2 aromatic rings. The van der Waals surface area contributed by atoms with Crippen molar-refractivity contribution in [3.05, 3.63) is 22.5 Å². The molecule has 7 heteroatoms. The first-order valence-corrected chi connectivity index (χ1v) is 8.67. The Labute approximate surface area is 135 Å². The summed E-state index contributed by atoms with van der Waals surface area (Å²) in [5.41, 5.74) is 2.33. The van der Waals surface area contributed by atoms with Crippen molar-refractivity contribution in [2.24, 2.45) is 0 Å². The van der Waals surface area contributed by atoms with Crippen LogP contribution in [0.3, 0.4) is 0 Å². The summed E-state index contributed by atoms with van der Waals surface area (Å²) in [7, 11) is 0. The highest BCUT2D eigenvalue weighted by molar-refractivity contribution is 7.13. The van der Waals surface area contributed by atoms with Crippen LogP contribution in [0.1, 0.15) is 36.2 Å². The van der Waals surface area contributed by atoms with Crippen molar-refractivity contribution in [3.8, 4) is 5.19 Å². The van der Waals surface area contributed by atoms with Crippen LogP contribution in [0.2, 0.25) is 0 Å². The van der Waals surface area contributed by atoms with Gasteiger partial charge in [0.2, 0.25) is 0 Å². The second-order valence-electron chi connectivity index (χ2n) is 5.77. The summed E-state index contributed by atoms with van der Waals surface area (Å²) in [6, 6.07) is 2.66. The molecule has 120 valence electrons. The number of aromatic nitrogens is 4. The summed E-state index contributed by atoms with van der Waals surface area (Å²) in [5, 5.41) is 14.6. The van der Waals surface area contributed by atoms with Crippen molar-refractivity contribution in [2.45, 2.75) is 52.7 Å². The molecule has 0 radical (unpaired) electrons. The SMILES string of the molecule is CCOc1nnc(CN2CCCC2Cn2nc(C)cc2C)s1. The van der Waals surface area contributed by atoms with Gasteiger partial charge in [-0.2, -0.15) is 5.10 Å². The zero-order valence-corrected chi connectivity index (χ0v) is 14.3. The van der Waals surface area contributed by atoms with E-state index < -0.39 is 0 Å². The minimum absolute atomic E-state index is 0.525. The van der Waals surface area contributed by atoms with Gasteiger partial charge in [-0.05, 0) is 46.2 Å². The van der Waals surface area contributed by atoms with Gasteiger partial charge in [0.15, 0.2) is 0 Å². The normalized spacial score (nSPS) is 19.0. The predicted octanol–water partition coefficient (Wildman–Crippen LogP) is 2.41. The zero-order valence-electron chi connectivity index (χ0n) is 13.4. The van der Waals surface area contributed by atoms with Crippen LogP contribution in [0.4, 0.5) is 0 Å². The number of hydrogen-bond donors (Lipinski definition) is 0. The first kappa shape index (κ1) is 15.4. The molecule has 0 N–H and O–H groups in total. The van der Waals surface area contributed by atoms with Crippen LogP contribution in [0.15, 0.2) is 6.07 Å². The van der Waals surface area contributed by atoms with Crippen LogP contribution in [-0.4, -0.2) is 44.1 Å². The maximum atomic E-state index is 5.40. The van der Waals surface area contributed by atoms with E-state index in [2.05, 4.69) is 37.9 Å². The Kier molecular flexibility index (Phi) is 4.73. The quantitative estimate of drug-likeness (QED) is 0.818. The fraction of sp³-hybridized carbons (Fsp3) is 0.667. The van der Waals surface area contributed by atoms with Crippen LogP contribution in [0.25, 0.3) is 0 Å². The van der Waals surface area contributed by atoms with Gasteiger partial charge in [-0.15, -0.1) is 10.2 Å². The molecule has 3 heterocycles. The van der Waals surface area contributed by atoms with Crippen molar-refractivity contribution in [3.63, 3.8) is 0 Å². The first-order valence-electron chi connectivity index (χ1n) is 7.86. The van der Waals surface area contributed by atoms with Gasteiger partial charge in [0.1, 0.15) is 5.01 Å². The summed E-state index contributed by atoms with van der Waals surface area (Å²) < 4.78 is 7.53. The fourth-order valence-corrected chi connectivity index (χ4v) is 3.80. The van der Waals surface area contributed by atoms with E-state index in [1.165, 1.54) is 18.5 Å². The lowest BCUT2D eigenvalue weighted by Gasteiger charge is -2.23. The molecule has 0 aromatic carbocycles. The summed E-state index contributed by atoms with van der Waals surface area (Å²) >= 11 is 1.55.